The first-order chi connectivity index (χ1) is 22.6. The molecule has 0 aromatic heterocycles. The Balaban J connectivity index is 9.79. The molecule has 0 spiro atoms. The second-order valence-electron chi connectivity index (χ2n) is 9.02. The van der Waals surface area contributed by atoms with Crippen molar-refractivity contribution in [3.63, 3.8) is 0 Å². The van der Waals surface area contributed by atoms with Crippen molar-refractivity contribution in [3.05, 3.63) is 97.6 Å². The van der Waals surface area contributed by atoms with E-state index in [-0.39, 0.29) is 97.6 Å². The fraction of sp³-hybridized carbons (Fsp3) is 0.172. The van der Waals surface area contributed by atoms with Crippen molar-refractivity contribution >= 4 is 47.8 Å². The lowest BCUT2D eigenvalue weighted by molar-refractivity contribution is -0.208. The summed E-state index contributed by atoms with van der Waals surface area (Å²) in [6, 6.07) is 0. The van der Waals surface area contributed by atoms with Gasteiger partial charge in [0.15, 0.2) is 11.2 Å². The molecule has 0 aromatic rings. The smallest absolute Gasteiger partial charge is 0.331 e. The summed E-state index contributed by atoms with van der Waals surface area (Å²) in [6.45, 7) is -1.96. The minimum absolute atomic E-state index is 0.0793. The van der Waals surface area contributed by atoms with E-state index in [1.807, 2.05) is 0 Å². The predicted octanol–water partition coefficient (Wildman–Crippen LogP) is -0.752. The van der Waals surface area contributed by atoms with E-state index in [4.69, 9.17) is 9.47 Å². The van der Waals surface area contributed by atoms with E-state index in [1.165, 1.54) is 0 Å². The van der Waals surface area contributed by atoms with Gasteiger partial charge in [-0.1, -0.05) is 0 Å². The van der Waals surface area contributed by atoms with Gasteiger partial charge in [0, 0.05) is 36.5 Å². The summed E-state index contributed by atoms with van der Waals surface area (Å²) in [7, 11) is 0. The zero-order valence-corrected chi connectivity index (χ0v) is 24.5. The molecule has 0 aliphatic carbocycles. The lowest BCUT2D eigenvalue weighted by Gasteiger charge is -2.59. The number of hydrogen-bond acceptors (Lipinski definition) is 12. The molecule has 0 aromatic carbocycles. The Kier molecular flexibility index (Phi) is 15.8. The summed E-state index contributed by atoms with van der Waals surface area (Å²) in [5.74, 6) is -15.1. The largest absolute Gasteiger partial charge is 0.485 e. The number of carbonyl (C=O) groups is 8. The Morgan fingerprint density at radius 2 is 0.633 bits per heavy atom. The molecule has 0 atom stereocenters. The first-order valence-corrected chi connectivity index (χ1v) is 12.7. The number of carboxylic acids is 8. The van der Waals surface area contributed by atoms with Crippen LogP contribution in [0.3, 0.4) is 0 Å². The molecule has 0 radical (unpaired) electrons. The Hall–Kier alpha value is -6.80. The molecule has 49 heavy (non-hydrogen) atoms. The summed E-state index contributed by atoms with van der Waals surface area (Å²) in [5.41, 5.74) is -14.0. The lowest BCUT2D eigenvalue weighted by Crippen LogP contribution is -2.72. The third-order valence-corrected chi connectivity index (χ3v) is 6.06. The highest BCUT2D eigenvalue weighted by atomic mass is 16.5. The van der Waals surface area contributed by atoms with Gasteiger partial charge in [-0.25, -0.2) is 38.4 Å². The molecule has 0 heterocycles. The van der Waals surface area contributed by atoms with Gasteiger partial charge < -0.3 is 60.5 Å². The van der Waals surface area contributed by atoms with Crippen LogP contribution in [0, 0.1) is 5.41 Å². The molecule has 0 fully saturated rings. The maximum atomic E-state index is 12.3. The van der Waals surface area contributed by atoms with Crippen LogP contribution in [0.2, 0.25) is 0 Å². The summed E-state index contributed by atoms with van der Waals surface area (Å²) in [4.78, 5) is 93.2. The zero-order chi connectivity index (χ0) is 38.1. The number of aliphatic hydroxyl groups is 2. The molecule has 20 heteroatoms. The maximum absolute atomic E-state index is 12.3. The Bertz CT molecular complexity index is 1400. The molecule has 0 amide bonds. The highest BCUT2D eigenvalue weighted by Gasteiger charge is 2.71. The van der Waals surface area contributed by atoms with Crippen LogP contribution >= 0.6 is 0 Å². The molecule has 0 saturated carbocycles. The van der Waals surface area contributed by atoms with Gasteiger partial charge in [0.05, 0.1) is 31.3 Å². The molecule has 264 valence electrons. The van der Waals surface area contributed by atoms with Gasteiger partial charge >= 0.3 is 47.8 Å². The van der Waals surface area contributed by atoms with Crippen molar-refractivity contribution in [1.82, 2.24) is 0 Å². The van der Waals surface area contributed by atoms with Crippen molar-refractivity contribution in [3.8, 4) is 0 Å². The van der Waals surface area contributed by atoms with Crippen molar-refractivity contribution < 1.29 is 98.9 Å². The van der Waals surface area contributed by atoms with Gasteiger partial charge in [0.1, 0.15) is 11.0 Å². The average molecular weight is 697 g/mol. The molecule has 0 unspecified atom stereocenters. The van der Waals surface area contributed by atoms with Gasteiger partial charge in [0.25, 0.3) is 0 Å². The topological polar surface area (TPSA) is 357 Å². The molecule has 0 bridgehead atoms. The van der Waals surface area contributed by atoms with Gasteiger partial charge in [0.2, 0.25) is 0 Å². The Labute approximate surface area is 273 Å². The third kappa shape index (κ3) is 11.8. The Morgan fingerprint density at radius 3 is 0.837 bits per heavy atom. The van der Waals surface area contributed by atoms with Crippen LogP contribution in [0.1, 0.15) is 0 Å². The molecule has 0 aliphatic rings. The fourth-order valence-corrected chi connectivity index (χ4v) is 4.27. The second-order valence-corrected chi connectivity index (χ2v) is 9.02. The number of ether oxygens (including phenoxy) is 2. The van der Waals surface area contributed by atoms with Crippen LogP contribution in [0.15, 0.2) is 97.6 Å². The number of rotatable bonds is 22. The van der Waals surface area contributed by atoms with Crippen molar-refractivity contribution in [1.29, 1.82) is 0 Å². The molecular weight excluding hydrogens is 668 g/mol. The second kappa shape index (κ2) is 18.4. The molecule has 10 N–H and O–H groups in total. The van der Waals surface area contributed by atoms with Gasteiger partial charge in [-0.15, -0.1) is 0 Å². The van der Waals surface area contributed by atoms with E-state index in [1.54, 1.807) is 0 Å². The lowest BCUT2D eigenvalue weighted by atomic mass is 9.52. The van der Waals surface area contributed by atoms with Crippen molar-refractivity contribution in [2.45, 2.75) is 16.8 Å². The fourth-order valence-electron chi connectivity index (χ4n) is 4.27. The van der Waals surface area contributed by atoms with Crippen LogP contribution in [0.5, 0.6) is 0 Å². The molecule has 0 saturated heterocycles. The number of aliphatic carboxylic acids is 8. The summed E-state index contributed by atoms with van der Waals surface area (Å²) in [5, 5.41) is 99.0. The molecule has 0 rings (SSSR count). The quantitative estimate of drug-likeness (QED) is 0.0491. The SMILES string of the molecule is O=C(O)C=COC(C=CC(=O)O)(C=CC(=O)O)C(CO)(C(O)(C=CC(=O)O)C=CC(=O)O)C(C=CC(=O)O)(C=CC(=O)O)OC=CC(=O)O. The van der Waals surface area contributed by atoms with E-state index < -0.39 is 76.6 Å². The van der Waals surface area contributed by atoms with Crippen molar-refractivity contribution in [2.24, 2.45) is 5.41 Å². The first kappa shape index (κ1) is 42.2. The summed E-state index contributed by atoms with van der Waals surface area (Å²) in [6.07, 6.45) is 2.76. The van der Waals surface area contributed by atoms with Crippen LogP contribution in [0.25, 0.3) is 0 Å². The Morgan fingerprint density at radius 1 is 0.408 bits per heavy atom. The van der Waals surface area contributed by atoms with E-state index in [0.29, 0.717) is 0 Å². The number of aliphatic hydroxyl groups excluding tert-OH is 1. The molecule has 20 nitrogen and oxygen atoms in total. The maximum Gasteiger partial charge on any atom is 0.331 e. The molecular formula is C29H28O20. The number of hydrogen-bond donors (Lipinski definition) is 10. The average Bonchev–Trinajstić information content (AvgIpc) is 2.98. The third-order valence-electron chi connectivity index (χ3n) is 6.06. The van der Waals surface area contributed by atoms with Crippen LogP contribution in [-0.2, 0) is 47.8 Å². The van der Waals surface area contributed by atoms with Crippen LogP contribution < -0.4 is 0 Å². The van der Waals surface area contributed by atoms with Gasteiger partial charge in [-0.3, -0.25) is 0 Å². The van der Waals surface area contributed by atoms with Crippen LogP contribution in [0.4, 0.5) is 0 Å². The monoisotopic (exact) mass is 696 g/mol. The normalized spacial score (nSPS) is 17.3. The minimum Gasteiger partial charge on any atom is -0.485 e. The number of carboxylic acid groups (broad SMARTS) is 8. The molecule has 0 aliphatic heterocycles. The van der Waals surface area contributed by atoms with E-state index in [0.717, 1.165) is 0 Å². The van der Waals surface area contributed by atoms with E-state index >= 15 is 0 Å². The van der Waals surface area contributed by atoms with E-state index in [9.17, 15) is 89.4 Å². The minimum atomic E-state index is -3.63. The predicted molar refractivity (Wildman–Crippen MR) is 156 cm³/mol. The zero-order valence-electron chi connectivity index (χ0n) is 24.5. The van der Waals surface area contributed by atoms with E-state index in [2.05, 4.69) is 0 Å². The standard InChI is InChI=1S/C29H28O20/c30-17-29(26(47,9-1-18(31)32)10-2-19(33)34,27(11-3-20(35)36,12-4-21(37)38)48-15-7-24(43)44)28(13-5-22(39)40,14-6-23(41)42)49-16-8-25(45)46/h1-16,30,47H,17H2,(H,31,32)(H,33,34)(H,35,36)(H,37,38)(H,39,40)(H,41,42)(H,43,44)(H,45,46). The highest BCUT2D eigenvalue weighted by Crippen LogP contribution is 2.57. The van der Waals surface area contributed by atoms with Crippen molar-refractivity contribution in [2.75, 3.05) is 6.61 Å². The highest BCUT2D eigenvalue weighted by molar-refractivity contribution is 5.85. The van der Waals surface area contributed by atoms with Gasteiger partial charge in [-0.2, -0.15) is 0 Å². The summed E-state index contributed by atoms with van der Waals surface area (Å²) < 4.78 is 11.0. The first-order valence-electron chi connectivity index (χ1n) is 12.7. The van der Waals surface area contributed by atoms with Crippen LogP contribution in [-0.4, -0.2) is 122 Å². The summed E-state index contributed by atoms with van der Waals surface area (Å²) >= 11 is 0. The van der Waals surface area contributed by atoms with Gasteiger partial charge in [-0.05, 0) is 36.5 Å².